The summed E-state index contributed by atoms with van der Waals surface area (Å²) >= 11 is 0. The van der Waals surface area contributed by atoms with E-state index in [1.165, 1.54) is 0 Å². The molecule has 0 radical (unpaired) electrons. The van der Waals surface area contributed by atoms with Crippen LogP contribution in [0.25, 0.3) is 0 Å². The molecule has 20 heavy (non-hydrogen) atoms. The Kier molecular flexibility index (Phi) is 3.48. The van der Waals surface area contributed by atoms with Crippen LogP contribution < -0.4 is 16.0 Å². The van der Waals surface area contributed by atoms with Gasteiger partial charge in [0.05, 0.1) is 16.7 Å². The zero-order valence-electron chi connectivity index (χ0n) is 11.7. The van der Waals surface area contributed by atoms with Crippen LogP contribution in [0.3, 0.4) is 0 Å². The van der Waals surface area contributed by atoms with Crippen LogP contribution in [0.15, 0.2) is 18.2 Å². The van der Waals surface area contributed by atoms with Gasteiger partial charge in [-0.25, -0.2) is 4.79 Å². The van der Waals surface area contributed by atoms with E-state index in [2.05, 4.69) is 16.0 Å². The summed E-state index contributed by atoms with van der Waals surface area (Å²) in [7, 11) is 0. The van der Waals surface area contributed by atoms with Crippen molar-refractivity contribution < 1.29 is 14.4 Å². The highest BCUT2D eigenvalue weighted by molar-refractivity contribution is 6.16. The monoisotopic (exact) mass is 275 g/mol. The SMILES string of the molecule is CCNC(=O)Nc1cccc2c1C(=O)NC(=O)C2(C)C. The fourth-order valence-electron chi connectivity index (χ4n) is 2.19. The lowest BCUT2D eigenvalue weighted by Gasteiger charge is -2.31. The van der Waals surface area contributed by atoms with Gasteiger partial charge in [-0.1, -0.05) is 12.1 Å². The lowest BCUT2D eigenvalue weighted by Crippen LogP contribution is -2.49. The van der Waals surface area contributed by atoms with Crippen molar-refractivity contribution >= 4 is 23.5 Å². The average Bonchev–Trinajstić information content (AvgIpc) is 2.37. The Labute approximate surface area is 116 Å². The van der Waals surface area contributed by atoms with Gasteiger partial charge >= 0.3 is 6.03 Å². The molecule has 1 aromatic carbocycles. The van der Waals surface area contributed by atoms with Gasteiger partial charge in [-0.3, -0.25) is 14.9 Å². The molecule has 1 heterocycles. The predicted molar refractivity (Wildman–Crippen MR) is 74.6 cm³/mol. The fourth-order valence-corrected chi connectivity index (χ4v) is 2.19. The number of rotatable bonds is 2. The van der Waals surface area contributed by atoms with Gasteiger partial charge in [0.2, 0.25) is 5.91 Å². The van der Waals surface area contributed by atoms with Gasteiger partial charge in [0.25, 0.3) is 5.91 Å². The summed E-state index contributed by atoms with van der Waals surface area (Å²) in [4.78, 5) is 35.5. The molecule has 1 aliphatic rings. The second-order valence-corrected chi connectivity index (χ2v) is 5.12. The molecule has 6 heteroatoms. The molecule has 0 aliphatic carbocycles. The topological polar surface area (TPSA) is 87.3 Å². The minimum Gasteiger partial charge on any atom is -0.338 e. The van der Waals surface area contributed by atoms with E-state index in [9.17, 15) is 14.4 Å². The van der Waals surface area contributed by atoms with Crippen molar-refractivity contribution in [1.29, 1.82) is 0 Å². The highest BCUT2D eigenvalue weighted by Gasteiger charge is 2.40. The molecule has 6 nitrogen and oxygen atoms in total. The number of imide groups is 1. The molecule has 0 spiro atoms. The molecule has 1 aromatic rings. The summed E-state index contributed by atoms with van der Waals surface area (Å²) in [6.45, 7) is 5.76. The minimum atomic E-state index is -0.817. The third kappa shape index (κ3) is 2.24. The van der Waals surface area contributed by atoms with Crippen LogP contribution >= 0.6 is 0 Å². The van der Waals surface area contributed by atoms with E-state index in [1.54, 1.807) is 39.0 Å². The molecule has 1 aliphatic heterocycles. The summed E-state index contributed by atoms with van der Waals surface area (Å²) < 4.78 is 0. The van der Waals surface area contributed by atoms with E-state index in [4.69, 9.17) is 0 Å². The lowest BCUT2D eigenvalue weighted by molar-refractivity contribution is -0.125. The van der Waals surface area contributed by atoms with Gasteiger partial charge < -0.3 is 10.6 Å². The molecule has 0 atom stereocenters. The summed E-state index contributed by atoms with van der Waals surface area (Å²) in [6.07, 6.45) is 0. The molecule has 0 aromatic heterocycles. The largest absolute Gasteiger partial charge is 0.338 e. The number of nitrogens with one attached hydrogen (secondary N) is 3. The van der Waals surface area contributed by atoms with Crippen LogP contribution in [0.2, 0.25) is 0 Å². The first-order valence-electron chi connectivity index (χ1n) is 6.42. The van der Waals surface area contributed by atoms with Gasteiger partial charge in [-0.15, -0.1) is 0 Å². The van der Waals surface area contributed by atoms with Crippen molar-refractivity contribution in [2.75, 3.05) is 11.9 Å². The molecular weight excluding hydrogens is 258 g/mol. The molecule has 2 rings (SSSR count). The summed E-state index contributed by atoms with van der Waals surface area (Å²) in [5.41, 5.74) is 0.526. The zero-order valence-corrected chi connectivity index (χ0v) is 11.7. The minimum absolute atomic E-state index is 0.336. The predicted octanol–water partition coefficient (Wildman–Crippen LogP) is 1.38. The fraction of sp³-hybridized carbons (Fsp3) is 0.357. The number of hydrogen-bond donors (Lipinski definition) is 3. The number of hydrogen-bond acceptors (Lipinski definition) is 3. The molecule has 106 valence electrons. The number of fused-ring (bicyclic) bond motifs is 1. The van der Waals surface area contributed by atoms with Crippen LogP contribution in [0.4, 0.5) is 10.5 Å². The molecule has 0 bridgehead atoms. The quantitative estimate of drug-likeness (QED) is 0.712. The van der Waals surface area contributed by atoms with Gasteiger partial charge in [-0.2, -0.15) is 0 Å². The zero-order chi connectivity index (χ0) is 14.9. The molecular formula is C14H17N3O3. The first-order chi connectivity index (χ1) is 9.37. The lowest BCUT2D eigenvalue weighted by atomic mass is 9.77. The molecule has 0 saturated heterocycles. The maximum atomic E-state index is 12.0. The second-order valence-electron chi connectivity index (χ2n) is 5.12. The first kappa shape index (κ1) is 14.0. The van der Waals surface area contributed by atoms with E-state index in [0.29, 0.717) is 23.4 Å². The summed E-state index contributed by atoms with van der Waals surface area (Å²) in [5.74, 6) is -0.832. The Balaban J connectivity index is 2.48. The third-order valence-corrected chi connectivity index (χ3v) is 3.35. The molecule has 0 fully saturated rings. The summed E-state index contributed by atoms with van der Waals surface area (Å²) in [5, 5.41) is 7.55. The Hall–Kier alpha value is -2.37. The molecule has 4 amide bonds. The first-order valence-corrected chi connectivity index (χ1v) is 6.42. The number of carbonyl (C=O) groups excluding carboxylic acids is 3. The van der Waals surface area contributed by atoms with Crippen molar-refractivity contribution in [1.82, 2.24) is 10.6 Å². The van der Waals surface area contributed by atoms with Crippen LogP contribution in [0, 0.1) is 0 Å². The van der Waals surface area contributed by atoms with Crippen molar-refractivity contribution in [2.45, 2.75) is 26.2 Å². The van der Waals surface area contributed by atoms with Gasteiger partial charge in [0.15, 0.2) is 0 Å². The average molecular weight is 275 g/mol. The highest BCUT2D eigenvalue weighted by Crippen LogP contribution is 2.34. The Morgan fingerprint density at radius 1 is 1.30 bits per heavy atom. The number of amides is 4. The van der Waals surface area contributed by atoms with E-state index in [-0.39, 0.29) is 11.9 Å². The van der Waals surface area contributed by atoms with Crippen molar-refractivity contribution in [3.63, 3.8) is 0 Å². The van der Waals surface area contributed by atoms with E-state index < -0.39 is 11.3 Å². The van der Waals surface area contributed by atoms with Gasteiger partial charge in [0.1, 0.15) is 0 Å². The number of urea groups is 1. The standard InChI is InChI=1S/C14H17N3O3/c1-4-15-13(20)16-9-7-5-6-8-10(9)11(18)17-12(19)14(8,2)3/h5-7H,4H2,1-3H3,(H2,15,16,20)(H,17,18,19). The normalized spacial score (nSPS) is 16.1. The summed E-state index contributed by atoms with van der Waals surface area (Å²) in [6, 6.07) is 4.70. The number of anilines is 1. The van der Waals surface area contributed by atoms with Gasteiger partial charge in [-0.05, 0) is 32.4 Å². The molecule has 0 saturated carbocycles. The van der Waals surface area contributed by atoms with Gasteiger partial charge in [0, 0.05) is 6.54 Å². The highest BCUT2D eigenvalue weighted by atomic mass is 16.2. The maximum Gasteiger partial charge on any atom is 0.319 e. The molecule has 3 N–H and O–H groups in total. The van der Waals surface area contributed by atoms with Crippen LogP contribution in [-0.4, -0.2) is 24.4 Å². The van der Waals surface area contributed by atoms with Crippen molar-refractivity contribution in [2.24, 2.45) is 0 Å². The Morgan fingerprint density at radius 2 is 2.00 bits per heavy atom. The smallest absolute Gasteiger partial charge is 0.319 e. The number of carbonyl (C=O) groups is 3. The van der Waals surface area contributed by atoms with Crippen LogP contribution in [-0.2, 0) is 10.2 Å². The van der Waals surface area contributed by atoms with E-state index in [0.717, 1.165) is 0 Å². The molecule has 0 unspecified atom stereocenters. The van der Waals surface area contributed by atoms with Crippen LogP contribution in [0.1, 0.15) is 36.7 Å². The third-order valence-electron chi connectivity index (χ3n) is 3.35. The van der Waals surface area contributed by atoms with E-state index in [1.807, 2.05) is 0 Å². The van der Waals surface area contributed by atoms with Crippen molar-refractivity contribution in [3.05, 3.63) is 29.3 Å². The Morgan fingerprint density at radius 3 is 2.65 bits per heavy atom. The van der Waals surface area contributed by atoms with Crippen molar-refractivity contribution in [3.8, 4) is 0 Å². The van der Waals surface area contributed by atoms with Crippen LogP contribution in [0.5, 0.6) is 0 Å². The Bertz CT molecular complexity index is 593. The second kappa shape index (κ2) is 4.96. The van der Waals surface area contributed by atoms with E-state index >= 15 is 0 Å². The number of benzene rings is 1. The maximum absolute atomic E-state index is 12.0.